The zero-order valence-electron chi connectivity index (χ0n) is 18.0. The minimum absolute atomic E-state index is 0.0384. The van der Waals surface area contributed by atoms with Gasteiger partial charge in [0.25, 0.3) is 11.8 Å². The molecule has 2 saturated heterocycles. The number of rotatable bonds is 3. The number of carbonyl (C=O) groups is 2. The Balaban J connectivity index is 1.16. The smallest absolute Gasteiger partial charge is 0.289 e. The number of hydrogen-bond donors (Lipinski definition) is 2. The SMILES string of the molecule is O=C1N[C@]2(CC[C@@H]3CN(C(=O)c4ccc(CN5CCOCC5)o4)C[C@@H]32)Nc2ccccc21. The molecule has 6 rings (SSSR count). The summed E-state index contributed by atoms with van der Waals surface area (Å²) >= 11 is 0. The topological polar surface area (TPSA) is 87.1 Å². The molecule has 2 aromatic rings. The Labute approximate surface area is 186 Å². The highest BCUT2D eigenvalue weighted by Crippen LogP contribution is 2.47. The average Bonchev–Trinajstić information content (AvgIpc) is 3.52. The van der Waals surface area contributed by atoms with Gasteiger partial charge >= 0.3 is 0 Å². The van der Waals surface area contributed by atoms with Gasteiger partial charge in [-0.25, -0.2) is 0 Å². The lowest BCUT2D eigenvalue weighted by molar-refractivity contribution is 0.0310. The summed E-state index contributed by atoms with van der Waals surface area (Å²) in [6.07, 6.45) is 1.85. The summed E-state index contributed by atoms with van der Waals surface area (Å²) in [5, 5.41) is 6.85. The molecular weight excluding hydrogens is 408 g/mol. The van der Waals surface area contributed by atoms with Crippen molar-refractivity contribution >= 4 is 17.5 Å². The second-order valence-electron chi connectivity index (χ2n) is 9.37. The molecule has 4 aliphatic rings. The highest BCUT2D eigenvalue weighted by atomic mass is 16.5. The van der Waals surface area contributed by atoms with Crippen molar-refractivity contribution in [3.05, 3.63) is 53.5 Å². The summed E-state index contributed by atoms with van der Waals surface area (Å²) in [5.74, 6) is 1.64. The molecule has 1 spiro atoms. The van der Waals surface area contributed by atoms with E-state index in [-0.39, 0.29) is 17.7 Å². The Morgan fingerprint density at radius 3 is 2.81 bits per heavy atom. The number of furan rings is 1. The Morgan fingerprint density at radius 1 is 1.09 bits per heavy atom. The number of amides is 2. The van der Waals surface area contributed by atoms with E-state index in [1.807, 2.05) is 35.2 Å². The zero-order valence-corrected chi connectivity index (χ0v) is 18.0. The molecule has 4 heterocycles. The van der Waals surface area contributed by atoms with Crippen LogP contribution in [0.1, 0.15) is 39.5 Å². The average molecular weight is 437 g/mol. The van der Waals surface area contributed by atoms with E-state index in [2.05, 4.69) is 15.5 Å². The second-order valence-corrected chi connectivity index (χ2v) is 9.37. The van der Waals surface area contributed by atoms with E-state index >= 15 is 0 Å². The molecular formula is C24H28N4O4. The fourth-order valence-electron chi connectivity index (χ4n) is 5.84. The number of likely N-dealkylation sites (tertiary alicyclic amines) is 1. The van der Waals surface area contributed by atoms with Crippen molar-refractivity contribution in [2.75, 3.05) is 44.7 Å². The maximum absolute atomic E-state index is 13.2. The Morgan fingerprint density at radius 2 is 1.94 bits per heavy atom. The van der Waals surface area contributed by atoms with Crippen molar-refractivity contribution in [2.24, 2.45) is 11.8 Å². The van der Waals surface area contributed by atoms with Crippen molar-refractivity contribution in [2.45, 2.75) is 25.0 Å². The normalized spacial score (nSPS) is 29.5. The van der Waals surface area contributed by atoms with Gasteiger partial charge in [-0.3, -0.25) is 14.5 Å². The first-order chi connectivity index (χ1) is 15.6. The third-order valence-corrected chi connectivity index (χ3v) is 7.49. The van der Waals surface area contributed by atoms with Crippen LogP contribution < -0.4 is 10.6 Å². The van der Waals surface area contributed by atoms with Crippen LogP contribution in [0, 0.1) is 11.8 Å². The molecule has 32 heavy (non-hydrogen) atoms. The predicted molar refractivity (Wildman–Crippen MR) is 117 cm³/mol. The van der Waals surface area contributed by atoms with E-state index < -0.39 is 5.66 Å². The van der Waals surface area contributed by atoms with Crippen molar-refractivity contribution < 1.29 is 18.7 Å². The third kappa shape index (κ3) is 3.29. The lowest BCUT2D eigenvalue weighted by atomic mass is 9.89. The molecule has 0 radical (unpaired) electrons. The molecule has 3 atom stereocenters. The highest BCUT2D eigenvalue weighted by molar-refractivity contribution is 6.02. The molecule has 2 amide bonds. The largest absolute Gasteiger partial charge is 0.455 e. The molecule has 0 unspecified atom stereocenters. The molecule has 8 nitrogen and oxygen atoms in total. The maximum Gasteiger partial charge on any atom is 0.289 e. The van der Waals surface area contributed by atoms with E-state index in [4.69, 9.17) is 9.15 Å². The number of carbonyl (C=O) groups excluding carboxylic acids is 2. The molecule has 2 N–H and O–H groups in total. The molecule has 3 fully saturated rings. The minimum atomic E-state index is -0.490. The van der Waals surface area contributed by atoms with Crippen molar-refractivity contribution in [1.82, 2.24) is 15.1 Å². The Bertz CT molecular complexity index is 1050. The van der Waals surface area contributed by atoms with Gasteiger partial charge in [-0.15, -0.1) is 0 Å². The van der Waals surface area contributed by atoms with Crippen LogP contribution in [-0.2, 0) is 11.3 Å². The number of ether oxygens (including phenoxy) is 1. The van der Waals surface area contributed by atoms with Gasteiger partial charge in [0.1, 0.15) is 11.4 Å². The Kier molecular flexibility index (Phi) is 4.73. The van der Waals surface area contributed by atoms with Gasteiger partial charge in [-0.1, -0.05) is 12.1 Å². The molecule has 8 heteroatoms. The molecule has 3 aliphatic heterocycles. The van der Waals surface area contributed by atoms with Crippen LogP contribution in [0.4, 0.5) is 5.69 Å². The first-order valence-corrected chi connectivity index (χ1v) is 11.5. The molecule has 0 bridgehead atoms. The predicted octanol–water partition coefficient (Wildman–Crippen LogP) is 2.15. The summed E-state index contributed by atoms with van der Waals surface area (Å²) in [5.41, 5.74) is 1.06. The summed E-state index contributed by atoms with van der Waals surface area (Å²) < 4.78 is 11.3. The standard InChI is InChI=1S/C24H28N4O4/c29-22-18-3-1-2-4-20(18)25-24(26-22)8-7-16-13-28(15-19(16)24)23(30)21-6-5-17(32-21)14-27-9-11-31-12-10-27/h1-6,16,19,25H,7-15H2,(H,26,29)/t16-,19+,24+/m1/s1. The molecule has 1 aromatic carbocycles. The van der Waals surface area contributed by atoms with Crippen molar-refractivity contribution in [3.63, 3.8) is 0 Å². The monoisotopic (exact) mass is 436 g/mol. The fourth-order valence-corrected chi connectivity index (χ4v) is 5.84. The van der Waals surface area contributed by atoms with Crippen LogP contribution in [0.25, 0.3) is 0 Å². The van der Waals surface area contributed by atoms with Gasteiger partial charge in [0.15, 0.2) is 5.76 Å². The van der Waals surface area contributed by atoms with Crippen LogP contribution in [0.15, 0.2) is 40.8 Å². The summed E-state index contributed by atoms with van der Waals surface area (Å²) in [7, 11) is 0. The third-order valence-electron chi connectivity index (χ3n) is 7.49. The van der Waals surface area contributed by atoms with E-state index in [1.54, 1.807) is 6.07 Å². The first-order valence-electron chi connectivity index (χ1n) is 11.5. The maximum atomic E-state index is 13.2. The van der Waals surface area contributed by atoms with Gasteiger partial charge < -0.3 is 24.7 Å². The summed E-state index contributed by atoms with van der Waals surface area (Å²) in [6, 6.07) is 11.3. The van der Waals surface area contributed by atoms with Crippen LogP contribution >= 0.6 is 0 Å². The molecule has 1 aliphatic carbocycles. The zero-order chi connectivity index (χ0) is 21.7. The lowest BCUT2D eigenvalue weighted by Gasteiger charge is -2.41. The second kappa shape index (κ2) is 7.64. The van der Waals surface area contributed by atoms with Gasteiger partial charge in [0.05, 0.1) is 25.3 Å². The highest BCUT2D eigenvalue weighted by Gasteiger charge is 2.55. The lowest BCUT2D eigenvalue weighted by Crippen LogP contribution is -2.61. The minimum Gasteiger partial charge on any atom is -0.455 e. The van der Waals surface area contributed by atoms with Crippen LogP contribution in [0.2, 0.25) is 0 Å². The van der Waals surface area contributed by atoms with Gasteiger partial charge in [0.2, 0.25) is 0 Å². The summed E-state index contributed by atoms with van der Waals surface area (Å²) in [4.78, 5) is 30.2. The van der Waals surface area contributed by atoms with E-state index in [0.29, 0.717) is 36.9 Å². The first kappa shape index (κ1) is 19.8. The number of nitrogens with zero attached hydrogens (tertiary/aromatic N) is 2. The van der Waals surface area contributed by atoms with E-state index in [9.17, 15) is 9.59 Å². The van der Waals surface area contributed by atoms with Crippen molar-refractivity contribution in [1.29, 1.82) is 0 Å². The molecule has 1 saturated carbocycles. The number of para-hydroxylation sites is 1. The summed E-state index contributed by atoms with van der Waals surface area (Å²) in [6.45, 7) is 5.23. The van der Waals surface area contributed by atoms with E-state index in [0.717, 1.165) is 50.6 Å². The fraction of sp³-hybridized carbons (Fsp3) is 0.500. The number of hydrogen-bond acceptors (Lipinski definition) is 6. The van der Waals surface area contributed by atoms with Crippen molar-refractivity contribution in [3.8, 4) is 0 Å². The Hall–Kier alpha value is -2.84. The van der Waals surface area contributed by atoms with Crippen LogP contribution in [0.5, 0.6) is 0 Å². The molecule has 168 valence electrons. The van der Waals surface area contributed by atoms with Crippen LogP contribution in [0.3, 0.4) is 0 Å². The van der Waals surface area contributed by atoms with Gasteiger partial charge in [-0.2, -0.15) is 0 Å². The molecule has 1 aromatic heterocycles. The number of anilines is 1. The van der Waals surface area contributed by atoms with Crippen LogP contribution in [-0.4, -0.2) is 66.7 Å². The van der Waals surface area contributed by atoms with Gasteiger partial charge in [0, 0.05) is 37.8 Å². The number of benzene rings is 1. The number of morpholine rings is 1. The quantitative estimate of drug-likeness (QED) is 0.767. The number of fused-ring (bicyclic) bond motifs is 3. The van der Waals surface area contributed by atoms with Gasteiger partial charge in [-0.05, 0) is 43.0 Å². The van der Waals surface area contributed by atoms with E-state index in [1.165, 1.54) is 0 Å². The number of nitrogens with one attached hydrogen (secondary N) is 2.